The van der Waals surface area contributed by atoms with Crippen molar-refractivity contribution >= 4 is 10.9 Å². The van der Waals surface area contributed by atoms with E-state index in [1.165, 1.54) is 0 Å². The summed E-state index contributed by atoms with van der Waals surface area (Å²) in [4.78, 5) is 4.09. The van der Waals surface area contributed by atoms with Crippen LogP contribution in [0.1, 0.15) is 18.5 Å². The topological polar surface area (TPSA) is 56.7 Å². The molecule has 0 unspecified atom stereocenters. The summed E-state index contributed by atoms with van der Waals surface area (Å²) in [5.41, 5.74) is 8.07. The van der Waals surface area contributed by atoms with E-state index >= 15 is 0 Å². The van der Waals surface area contributed by atoms with Crippen molar-refractivity contribution in [3.8, 4) is 0 Å². The predicted octanol–water partition coefficient (Wildman–Crippen LogP) is 0.916. The molecule has 0 amide bonds. The molecular weight excluding hydrogens is 176 g/mol. The summed E-state index contributed by atoms with van der Waals surface area (Å²) in [6.45, 7) is 0. The summed E-state index contributed by atoms with van der Waals surface area (Å²) in [7, 11) is 1.93. The van der Waals surface area contributed by atoms with Gasteiger partial charge in [0.05, 0.1) is 22.9 Å². The van der Waals surface area contributed by atoms with E-state index in [9.17, 15) is 0 Å². The number of hydrogen-bond donors (Lipinski definition) is 1. The zero-order valence-corrected chi connectivity index (χ0v) is 8.07. The molecule has 72 valence electrons. The van der Waals surface area contributed by atoms with Gasteiger partial charge in [-0.15, -0.1) is 0 Å². The van der Waals surface area contributed by atoms with Crippen molar-refractivity contribution in [3.63, 3.8) is 0 Å². The Labute approximate surface area is 81.7 Å². The normalized spacial score (nSPS) is 18.7. The van der Waals surface area contributed by atoms with Gasteiger partial charge in [-0.2, -0.15) is 5.10 Å². The molecule has 4 heteroatoms. The van der Waals surface area contributed by atoms with Crippen LogP contribution in [-0.2, 0) is 12.6 Å². The van der Waals surface area contributed by atoms with Crippen molar-refractivity contribution in [2.24, 2.45) is 12.8 Å². The molecule has 2 aromatic rings. The SMILES string of the molecule is Cn1nc(C2(N)CC2)c2ccncc21. The van der Waals surface area contributed by atoms with E-state index in [-0.39, 0.29) is 5.54 Å². The van der Waals surface area contributed by atoms with Crippen LogP contribution < -0.4 is 5.73 Å². The lowest BCUT2D eigenvalue weighted by Gasteiger charge is -2.03. The fourth-order valence-corrected chi connectivity index (χ4v) is 1.84. The molecule has 1 aliphatic carbocycles. The minimum absolute atomic E-state index is 0.166. The maximum absolute atomic E-state index is 6.15. The fourth-order valence-electron chi connectivity index (χ4n) is 1.84. The quantitative estimate of drug-likeness (QED) is 0.723. The van der Waals surface area contributed by atoms with E-state index in [2.05, 4.69) is 10.1 Å². The second-order valence-electron chi connectivity index (χ2n) is 4.02. The van der Waals surface area contributed by atoms with Crippen LogP contribution in [0, 0.1) is 0 Å². The molecule has 2 N–H and O–H groups in total. The Bertz CT molecular complexity index is 496. The summed E-state index contributed by atoms with van der Waals surface area (Å²) in [6.07, 6.45) is 5.71. The summed E-state index contributed by atoms with van der Waals surface area (Å²) >= 11 is 0. The molecule has 14 heavy (non-hydrogen) atoms. The Kier molecular flexibility index (Phi) is 1.32. The Morgan fingerprint density at radius 3 is 3.00 bits per heavy atom. The van der Waals surface area contributed by atoms with Gasteiger partial charge in [0.15, 0.2) is 0 Å². The molecule has 0 radical (unpaired) electrons. The third-order valence-electron chi connectivity index (χ3n) is 2.91. The monoisotopic (exact) mass is 188 g/mol. The van der Waals surface area contributed by atoms with Crippen LogP contribution in [0.3, 0.4) is 0 Å². The van der Waals surface area contributed by atoms with Gasteiger partial charge < -0.3 is 5.73 Å². The zero-order chi connectivity index (χ0) is 9.76. The maximum atomic E-state index is 6.15. The Morgan fingerprint density at radius 1 is 1.50 bits per heavy atom. The molecule has 1 saturated carbocycles. The van der Waals surface area contributed by atoms with Gasteiger partial charge in [-0.1, -0.05) is 0 Å². The molecule has 3 rings (SSSR count). The highest BCUT2D eigenvalue weighted by Gasteiger charge is 2.43. The first-order valence-electron chi connectivity index (χ1n) is 4.77. The van der Waals surface area contributed by atoms with Gasteiger partial charge >= 0.3 is 0 Å². The molecule has 0 spiro atoms. The molecule has 0 bridgehead atoms. The van der Waals surface area contributed by atoms with Crippen LogP contribution in [0.15, 0.2) is 18.5 Å². The van der Waals surface area contributed by atoms with Gasteiger partial charge in [-0.3, -0.25) is 9.67 Å². The second-order valence-corrected chi connectivity index (χ2v) is 4.02. The summed E-state index contributed by atoms with van der Waals surface area (Å²) < 4.78 is 1.85. The number of pyridine rings is 1. The van der Waals surface area contributed by atoms with Crippen molar-refractivity contribution in [2.75, 3.05) is 0 Å². The standard InChI is InChI=1S/C10H12N4/c1-14-8-6-12-5-2-7(8)9(13-14)10(11)3-4-10/h2,5-6H,3-4,11H2,1H3. The Balaban J connectivity index is 2.34. The van der Waals surface area contributed by atoms with E-state index in [0.29, 0.717) is 0 Å². The van der Waals surface area contributed by atoms with E-state index < -0.39 is 0 Å². The maximum Gasteiger partial charge on any atom is 0.0902 e. The molecule has 0 saturated heterocycles. The average molecular weight is 188 g/mol. The van der Waals surface area contributed by atoms with Crippen LogP contribution in [-0.4, -0.2) is 14.8 Å². The van der Waals surface area contributed by atoms with Crippen LogP contribution in [0.25, 0.3) is 10.9 Å². The molecule has 0 aromatic carbocycles. The fraction of sp³-hybridized carbons (Fsp3) is 0.400. The van der Waals surface area contributed by atoms with E-state index in [0.717, 1.165) is 29.4 Å². The third-order valence-corrected chi connectivity index (χ3v) is 2.91. The minimum atomic E-state index is -0.166. The number of nitrogens with two attached hydrogens (primary N) is 1. The highest BCUT2D eigenvalue weighted by Crippen LogP contribution is 2.44. The van der Waals surface area contributed by atoms with E-state index in [1.54, 1.807) is 6.20 Å². The molecule has 0 atom stereocenters. The molecule has 0 aliphatic heterocycles. The van der Waals surface area contributed by atoms with Crippen molar-refractivity contribution in [2.45, 2.75) is 18.4 Å². The summed E-state index contributed by atoms with van der Waals surface area (Å²) in [5, 5.41) is 5.62. The molecular formula is C10H12N4. The largest absolute Gasteiger partial charge is 0.320 e. The first-order valence-corrected chi connectivity index (χ1v) is 4.77. The van der Waals surface area contributed by atoms with Crippen molar-refractivity contribution in [1.82, 2.24) is 14.8 Å². The van der Waals surface area contributed by atoms with Gasteiger partial charge in [0.2, 0.25) is 0 Å². The first kappa shape index (κ1) is 7.94. The molecule has 1 fully saturated rings. The smallest absolute Gasteiger partial charge is 0.0902 e. The highest BCUT2D eigenvalue weighted by atomic mass is 15.3. The third kappa shape index (κ3) is 0.915. The summed E-state index contributed by atoms with van der Waals surface area (Å²) in [5.74, 6) is 0. The lowest BCUT2D eigenvalue weighted by atomic mass is 10.1. The van der Waals surface area contributed by atoms with Gasteiger partial charge in [0.25, 0.3) is 0 Å². The van der Waals surface area contributed by atoms with Gasteiger partial charge in [-0.25, -0.2) is 0 Å². The highest BCUT2D eigenvalue weighted by molar-refractivity contribution is 5.82. The Morgan fingerprint density at radius 2 is 2.29 bits per heavy atom. The Hall–Kier alpha value is -1.42. The lowest BCUT2D eigenvalue weighted by Crippen LogP contribution is -2.19. The van der Waals surface area contributed by atoms with Gasteiger partial charge in [-0.05, 0) is 18.9 Å². The lowest BCUT2D eigenvalue weighted by molar-refractivity contribution is 0.668. The molecule has 2 heterocycles. The molecule has 1 aliphatic rings. The van der Waals surface area contributed by atoms with Crippen molar-refractivity contribution in [3.05, 3.63) is 24.2 Å². The van der Waals surface area contributed by atoms with Crippen LogP contribution >= 0.6 is 0 Å². The van der Waals surface area contributed by atoms with Crippen LogP contribution in [0.2, 0.25) is 0 Å². The second kappa shape index (κ2) is 2.33. The first-order chi connectivity index (χ1) is 6.71. The number of fused-ring (bicyclic) bond motifs is 1. The van der Waals surface area contributed by atoms with Gasteiger partial charge in [0.1, 0.15) is 0 Å². The number of rotatable bonds is 1. The van der Waals surface area contributed by atoms with Crippen LogP contribution in [0.5, 0.6) is 0 Å². The van der Waals surface area contributed by atoms with Crippen molar-refractivity contribution < 1.29 is 0 Å². The number of hydrogen-bond acceptors (Lipinski definition) is 3. The summed E-state index contributed by atoms with van der Waals surface area (Å²) in [6, 6.07) is 1.99. The number of nitrogens with zero attached hydrogens (tertiary/aromatic N) is 3. The minimum Gasteiger partial charge on any atom is -0.320 e. The number of aryl methyl sites for hydroxylation is 1. The molecule has 4 nitrogen and oxygen atoms in total. The molecule has 2 aromatic heterocycles. The van der Waals surface area contributed by atoms with Gasteiger partial charge in [0, 0.05) is 18.6 Å². The van der Waals surface area contributed by atoms with Crippen molar-refractivity contribution in [1.29, 1.82) is 0 Å². The van der Waals surface area contributed by atoms with E-state index in [1.807, 2.05) is 24.0 Å². The van der Waals surface area contributed by atoms with E-state index in [4.69, 9.17) is 5.73 Å². The predicted molar refractivity (Wildman–Crippen MR) is 53.6 cm³/mol. The average Bonchev–Trinajstić information content (AvgIpc) is 2.84. The van der Waals surface area contributed by atoms with Crippen LogP contribution in [0.4, 0.5) is 0 Å². The number of aromatic nitrogens is 3. The zero-order valence-electron chi connectivity index (χ0n) is 8.07.